The second-order valence-corrected chi connectivity index (χ2v) is 2.77. The van der Waals surface area contributed by atoms with Gasteiger partial charge in [-0.3, -0.25) is 0 Å². The third-order valence-corrected chi connectivity index (χ3v) is 1.62. The highest BCUT2D eigenvalue weighted by atomic mass is 35.5. The molecule has 0 aromatic carbocycles. The van der Waals surface area contributed by atoms with Gasteiger partial charge in [0.05, 0.1) is 7.11 Å². The van der Waals surface area contributed by atoms with Gasteiger partial charge >= 0.3 is 5.97 Å². The highest BCUT2D eigenvalue weighted by Gasteiger charge is 1.96. The molecule has 0 aromatic rings. The Hall–Kier alpha value is -0.700. The molecule has 0 unspecified atom stereocenters. The third kappa shape index (κ3) is 6.04. The number of nitrogens with two attached hydrogens (primary N) is 1. The number of halogens is 1. The Bertz CT molecular complexity index is 168. The number of allylic oxidation sites excluding steroid dienone is 1. The number of hydrogen-bond acceptors (Lipinski definition) is 3. The second-order valence-electron chi connectivity index (χ2n) is 2.39. The van der Waals surface area contributed by atoms with Gasteiger partial charge in [0.2, 0.25) is 0 Å². The van der Waals surface area contributed by atoms with Gasteiger partial charge in [-0.2, -0.15) is 0 Å². The lowest BCUT2D eigenvalue weighted by molar-refractivity contribution is -0.134. The first-order chi connectivity index (χ1) is 5.70. The normalized spacial score (nSPS) is 11.3. The van der Waals surface area contributed by atoms with Crippen LogP contribution in [0.3, 0.4) is 0 Å². The number of esters is 1. The van der Waals surface area contributed by atoms with E-state index in [-0.39, 0.29) is 0 Å². The minimum Gasteiger partial charge on any atom is -0.466 e. The number of ether oxygens (including phenoxy) is 1. The number of methoxy groups -OCH3 is 1. The van der Waals surface area contributed by atoms with Crippen molar-refractivity contribution in [3.8, 4) is 0 Å². The standard InChI is InChI=1S/C8H14ClNO2/c1-12-8(11)6-7(10)4-2-3-5-9/h6H,2-5,10H2,1H3/b7-6-. The summed E-state index contributed by atoms with van der Waals surface area (Å²) in [7, 11) is 1.32. The molecule has 0 rings (SSSR count). The fourth-order valence-electron chi connectivity index (χ4n) is 0.706. The van der Waals surface area contributed by atoms with Crippen molar-refractivity contribution in [3.05, 3.63) is 11.8 Å². The molecule has 0 saturated carbocycles. The largest absolute Gasteiger partial charge is 0.466 e. The van der Waals surface area contributed by atoms with Crippen LogP contribution < -0.4 is 5.73 Å². The zero-order chi connectivity index (χ0) is 9.40. The molecule has 70 valence electrons. The van der Waals surface area contributed by atoms with Gasteiger partial charge < -0.3 is 10.5 Å². The predicted molar refractivity (Wildman–Crippen MR) is 48.9 cm³/mol. The van der Waals surface area contributed by atoms with Gasteiger partial charge in [-0.1, -0.05) is 0 Å². The molecule has 0 saturated heterocycles. The van der Waals surface area contributed by atoms with Crippen LogP contribution in [0.5, 0.6) is 0 Å². The zero-order valence-corrected chi connectivity index (χ0v) is 7.93. The molecule has 0 aliphatic heterocycles. The van der Waals surface area contributed by atoms with E-state index in [2.05, 4.69) is 4.74 Å². The van der Waals surface area contributed by atoms with Gasteiger partial charge in [0.15, 0.2) is 0 Å². The van der Waals surface area contributed by atoms with E-state index < -0.39 is 5.97 Å². The van der Waals surface area contributed by atoms with Crippen LogP contribution in [0.2, 0.25) is 0 Å². The van der Waals surface area contributed by atoms with E-state index in [1.807, 2.05) is 0 Å². The van der Waals surface area contributed by atoms with E-state index in [4.69, 9.17) is 17.3 Å². The Morgan fingerprint density at radius 1 is 1.58 bits per heavy atom. The lowest BCUT2D eigenvalue weighted by atomic mass is 10.2. The van der Waals surface area contributed by atoms with Gasteiger partial charge in [0.1, 0.15) is 0 Å². The van der Waals surface area contributed by atoms with Crippen LogP contribution in [0.1, 0.15) is 19.3 Å². The van der Waals surface area contributed by atoms with Gasteiger partial charge in [-0.05, 0) is 19.3 Å². The number of carbonyl (C=O) groups is 1. The molecule has 0 radical (unpaired) electrons. The maximum Gasteiger partial charge on any atom is 0.332 e. The molecule has 12 heavy (non-hydrogen) atoms. The van der Waals surface area contributed by atoms with Crippen LogP contribution in [0, 0.1) is 0 Å². The Labute approximate surface area is 77.5 Å². The molecule has 2 N–H and O–H groups in total. The van der Waals surface area contributed by atoms with Gasteiger partial charge in [-0.15, -0.1) is 11.6 Å². The molecule has 0 fully saturated rings. The minimum absolute atomic E-state index is 0.404. The lowest BCUT2D eigenvalue weighted by Gasteiger charge is -1.98. The van der Waals surface area contributed by atoms with Crippen LogP contribution in [0.15, 0.2) is 11.8 Å². The summed E-state index contributed by atoms with van der Waals surface area (Å²) in [5, 5.41) is 0. The van der Waals surface area contributed by atoms with Crippen molar-refractivity contribution in [1.29, 1.82) is 0 Å². The summed E-state index contributed by atoms with van der Waals surface area (Å²) in [5.41, 5.74) is 6.06. The molecule has 0 amide bonds. The Morgan fingerprint density at radius 3 is 2.75 bits per heavy atom. The molecule has 0 atom stereocenters. The van der Waals surface area contributed by atoms with E-state index in [1.54, 1.807) is 0 Å². The van der Waals surface area contributed by atoms with Crippen molar-refractivity contribution in [2.45, 2.75) is 19.3 Å². The summed E-state index contributed by atoms with van der Waals surface area (Å²) >= 11 is 5.47. The second kappa shape index (κ2) is 6.98. The van der Waals surface area contributed by atoms with Crippen LogP contribution in [0.4, 0.5) is 0 Å². The van der Waals surface area contributed by atoms with Crippen molar-refractivity contribution >= 4 is 17.6 Å². The first kappa shape index (κ1) is 11.3. The van der Waals surface area contributed by atoms with Crippen LogP contribution in [-0.2, 0) is 9.53 Å². The first-order valence-electron chi connectivity index (χ1n) is 3.80. The third-order valence-electron chi connectivity index (χ3n) is 1.35. The quantitative estimate of drug-likeness (QED) is 0.310. The van der Waals surface area contributed by atoms with Crippen LogP contribution >= 0.6 is 11.6 Å². The number of hydrogen-bond donors (Lipinski definition) is 1. The minimum atomic E-state index is -0.404. The molecule has 4 heteroatoms. The van der Waals surface area contributed by atoms with Crippen molar-refractivity contribution in [1.82, 2.24) is 0 Å². The van der Waals surface area contributed by atoms with Gasteiger partial charge in [0.25, 0.3) is 0 Å². The molecule has 0 bridgehead atoms. The summed E-state index contributed by atoms with van der Waals surface area (Å²) in [6.07, 6.45) is 3.82. The van der Waals surface area contributed by atoms with E-state index in [0.29, 0.717) is 18.0 Å². The molecular weight excluding hydrogens is 178 g/mol. The number of carbonyl (C=O) groups excluding carboxylic acids is 1. The molecule has 0 aliphatic rings. The summed E-state index contributed by atoms with van der Waals surface area (Å²) in [6, 6.07) is 0. The predicted octanol–water partition coefficient (Wildman–Crippen LogP) is 1.41. The summed E-state index contributed by atoms with van der Waals surface area (Å²) in [6.45, 7) is 0. The van der Waals surface area contributed by atoms with Crippen LogP contribution in [-0.4, -0.2) is 19.0 Å². The summed E-state index contributed by atoms with van der Waals surface area (Å²) in [4.78, 5) is 10.7. The molecule has 0 spiro atoms. The Balaban J connectivity index is 3.62. The molecular formula is C8H14ClNO2. The van der Waals surface area contributed by atoms with Crippen LogP contribution in [0.25, 0.3) is 0 Å². The zero-order valence-electron chi connectivity index (χ0n) is 7.18. The van der Waals surface area contributed by atoms with E-state index >= 15 is 0 Å². The summed E-state index contributed by atoms with van der Waals surface area (Å²) in [5.74, 6) is 0.226. The van der Waals surface area contributed by atoms with Gasteiger partial charge in [0, 0.05) is 17.7 Å². The fourth-order valence-corrected chi connectivity index (χ4v) is 0.895. The maximum absolute atomic E-state index is 10.7. The Morgan fingerprint density at radius 2 is 2.25 bits per heavy atom. The lowest BCUT2D eigenvalue weighted by Crippen LogP contribution is -2.03. The fraction of sp³-hybridized carbons (Fsp3) is 0.625. The summed E-state index contributed by atoms with van der Waals surface area (Å²) < 4.78 is 4.41. The highest BCUT2D eigenvalue weighted by Crippen LogP contribution is 2.02. The van der Waals surface area contributed by atoms with Crippen molar-refractivity contribution in [2.75, 3.05) is 13.0 Å². The van der Waals surface area contributed by atoms with E-state index in [1.165, 1.54) is 13.2 Å². The van der Waals surface area contributed by atoms with E-state index in [9.17, 15) is 4.79 Å². The number of unbranched alkanes of at least 4 members (excludes halogenated alkanes) is 1. The Kier molecular flexibility index (Phi) is 6.57. The van der Waals surface area contributed by atoms with Crippen molar-refractivity contribution < 1.29 is 9.53 Å². The molecule has 0 aliphatic carbocycles. The smallest absolute Gasteiger partial charge is 0.332 e. The van der Waals surface area contributed by atoms with Crippen molar-refractivity contribution in [3.63, 3.8) is 0 Å². The molecule has 0 heterocycles. The highest BCUT2D eigenvalue weighted by molar-refractivity contribution is 6.17. The SMILES string of the molecule is COC(=O)/C=C(\N)CCCCCl. The topological polar surface area (TPSA) is 52.3 Å². The van der Waals surface area contributed by atoms with Crippen molar-refractivity contribution in [2.24, 2.45) is 5.73 Å². The molecule has 3 nitrogen and oxygen atoms in total. The number of alkyl halides is 1. The molecule has 0 aromatic heterocycles. The number of rotatable bonds is 5. The average Bonchev–Trinajstić information content (AvgIpc) is 2.05. The van der Waals surface area contributed by atoms with Gasteiger partial charge in [-0.25, -0.2) is 4.79 Å². The van der Waals surface area contributed by atoms with E-state index in [0.717, 1.165) is 12.8 Å². The maximum atomic E-state index is 10.7. The first-order valence-corrected chi connectivity index (χ1v) is 4.34. The average molecular weight is 192 g/mol. The monoisotopic (exact) mass is 191 g/mol.